The average Bonchev–Trinajstić information content (AvgIpc) is 2.32. The van der Waals surface area contributed by atoms with Crippen LogP contribution >= 0.6 is 11.6 Å². The predicted molar refractivity (Wildman–Crippen MR) is 62.6 cm³/mol. The van der Waals surface area contributed by atoms with Gasteiger partial charge in [0.05, 0.1) is 22.7 Å². The van der Waals surface area contributed by atoms with Crippen molar-refractivity contribution in [3.05, 3.63) is 40.6 Å². The van der Waals surface area contributed by atoms with Gasteiger partial charge >= 0.3 is 5.97 Å². The minimum Gasteiger partial charge on any atom is -0.462 e. The van der Waals surface area contributed by atoms with Crippen LogP contribution in [-0.2, 0) is 4.74 Å². The van der Waals surface area contributed by atoms with E-state index in [0.717, 1.165) is 12.1 Å². The molecule has 0 radical (unpaired) electrons. The lowest BCUT2D eigenvalue weighted by Crippen LogP contribution is -2.06. The van der Waals surface area contributed by atoms with Gasteiger partial charge in [-0.15, -0.1) is 0 Å². The number of carbonyl (C=O) groups is 1. The van der Waals surface area contributed by atoms with E-state index in [1.54, 1.807) is 6.92 Å². The molecule has 0 spiro atoms. The zero-order valence-electron chi connectivity index (χ0n) is 9.34. The Balaban J connectivity index is 2.63. The summed E-state index contributed by atoms with van der Waals surface area (Å²) in [6.45, 7) is 1.83. The first-order valence-electron chi connectivity index (χ1n) is 5.15. The van der Waals surface area contributed by atoms with Crippen LogP contribution in [0.5, 0.6) is 0 Å². The molecular weight excluding hydrogens is 264 g/mol. The number of nitrogens with zero attached hydrogens (tertiary/aromatic N) is 1. The van der Waals surface area contributed by atoms with Crippen LogP contribution in [0, 0.1) is 11.6 Å². The molecule has 2 aromatic rings. The van der Waals surface area contributed by atoms with Crippen molar-refractivity contribution >= 4 is 28.5 Å². The normalized spacial score (nSPS) is 10.7. The third kappa shape index (κ3) is 2.13. The van der Waals surface area contributed by atoms with Gasteiger partial charge in [-0.25, -0.2) is 13.6 Å². The highest BCUT2D eigenvalue weighted by molar-refractivity contribution is 6.38. The van der Waals surface area contributed by atoms with Crippen molar-refractivity contribution in [2.24, 2.45) is 0 Å². The summed E-state index contributed by atoms with van der Waals surface area (Å²) in [7, 11) is 0. The van der Waals surface area contributed by atoms with Crippen LogP contribution in [-0.4, -0.2) is 17.6 Å². The minimum absolute atomic E-state index is 0.00245. The second-order valence-corrected chi connectivity index (χ2v) is 3.87. The van der Waals surface area contributed by atoms with E-state index in [-0.39, 0.29) is 28.1 Å². The molecule has 0 aliphatic carbocycles. The Labute approximate surface area is 106 Å². The van der Waals surface area contributed by atoms with Crippen molar-refractivity contribution in [2.45, 2.75) is 6.92 Å². The van der Waals surface area contributed by atoms with Crippen LogP contribution in [0.1, 0.15) is 17.3 Å². The van der Waals surface area contributed by atoms with E-state index in [2.05, 4.69) is 4.98 Å². The number of hydrogen-bond acceptors (Lipinski definition) is 3. The minimum atomic E-state index is -1.05. The summed E-state index contributed by atoms with van der Waals surface area (Å²) >= 11 is 5.97. The molecule has 18 heavy (non-hydrogen) atoms. The van der Waals surface area contributed by atoms with Gasteiger partial charge in [0.25, 0.3) is 0 Å². The van der Waals surface area contributed by atoms with Crippen molar-refractivity contribution in [3.63, 3.8) is 0 Å². The quantitative estimate of drug-likeness (QED) is 0.787. The van der Waals surface area contributed by atoms with Gasteiger partial charge in [0.2, 0.25) is 0 Å². The van der Waals surface area contributed by atoms with Crippen molar-refractivity contribution in [3.8, 4) is 0 Å². The number of pyridine rings is 1. The van der Waals surface area contributed by atoms with Crippen molar-refractivity contribution in [1.29, 1.82) is 0 Å². The summed E-state index contributed by atoms with van der Waals surface area (Å²) in [4.78, 5) is 15.4. The van der Waals surface area contributed by atoms with Crippen molar-refractivity contribution < 1.29 is 18.3 Å². The van der Waals surface area contributed by atoms with E-state index in [9.17, 15) is 13.6 Å². The summed E-state index contributed by atoms with van der Waals surface area (Å²) in [6, 6.07) is 1.83. The maximum absolute atomic E-state index is 13.1. The Morgan fingerprint density at radius 3 is 2.72 bits per heavy atom. The highest BCUT2D eigenvalue weighted by atomic mass is 35.5. The zero-order valence-corrected chi connectivity index (χ0v) is 10.1. The van der Waals surface area contributed by atoms with Crippen LogP contribution in [0.3, 0.4) is 0 Å². The number of fused-ring (bicyclic) bond motifs is 1. The summed E-state index contributed by atoms with van der Waals surface area (Å²) in [5.74, 6) is -2.72. The Hall–Kier alpha value is -1.75. The fourth-order valence-corrected chi connectivity index (χ4v) is 1.78. The van der Waals surface area contributed by atoms with Crippen LogP contribution in [0.4, 0.5) is 8.78 Å². The maximum Gasteiger partial charge on any atom is 0.341 e. The lowest BCUT2D eigenvalue weighted by atomic mass is 10.1. The maximum atomic E-state index is 13.1. The third-order valence-corrected chi connectivity index (χ3v) is 2.75. The molecule has 94 valence electrons. The average molecular weight is 272 g/mol. The molecule has 1 aromatic carbocycles. The molecule has 0 amide bonds. The van der Waals surface area contributed by atoms with Crippen molar-refractivity contribution in [2.75, 3.05) is 6.61 Å². The molecule has 0 atom stereocenters. The van der Waals surface area contributed by atoms with Gasteiger partial charge in [-0.3, -0.25) is 4.98 Å². The van der Waals surface area contributed by atoms with Gasteiger partial charge < -0.3 is 4.74 Å². The molecule has 6 heteroatoms. The lowest BCUT2D eigenvalue weighted by Gasteiger charge is -2.06. The lowest BCUT2D eigenvalue weighted by molar-refractivity contribution is 0.0526. The first-order valence-corrected chi connectivity index (χ1v) is 5.52. The van der Waals surface area contributed by atoms with Gasteiger partial charge in [-0.05, 0) is 13.0 Å². The first-order chi connectivity index (χ1) is 8.54. The number of aromatic nitrogens is 1. The molecule has 0 aliphatic heterocycles. The number of halogens is 3. The number of hydrogen-bond donors (Lipinski definition) is 0. The molecule has 0 fully saturated rings. The molecule has 1 heterocycles. The molecular formula is C12H8ClF2NO2. The van der Waals surface area contributed by atoms with E-state index < -0.39 is 17.6 Å². The number of ether oxygens (including phenoxy) is 1. The van der Waals surface area contributed by atoms with Crippen LogP contribution < -0.4 is 0 Å². The van der Waals surface area contributed by atoms with E-state index in [1.807, 2.05) is 0 Å². The zero-order chi connectivity index (χ0) is 13.3. The van der Waals surface area contributed by atoms with Gasteiger partial charge in [-0.1, -0.05) is 11.6 Å². The van der Waals surface area contributed by atoms with Gasteiger partial charge in [0.1, 0.15) is 0 Å². The van der Waals surface area contributed by atoms with Crippen LogP contribution in [0.2, 0.25) is 5.02 Å². The monoisotopic (exact) mass is 271 g/mol. The number of rotatable bonds is 2. The molecule has 3 nitrogen and oxygen atoms in total. The van der Waals surface area contributed by atoms with Gasteiger partial charge in [0, 0.05) is 17.6 Å². The fraction of sp³-hybridized carbons (Fsp3) is 0.167. The number of esters is 1. The summed E-state index contributed by atoms with van der Waals surface area (Å²) < 4.78 is 30.9. The Morgan fingerprint density at radius 1 is 1.39 bits per heavy atom. The van der Waals surface area contributed by atoms with Crippen LogP contribution in [0.15, 0.2) is 18.3 Å². The SMILES string of the molecule is CCOC(=O)c1cnc2cc(F)c(F)cc2c1Cl. The number of benzene rings is 1. The smallest absolute Gasteiger partial charge is 0.341 e. The summed E-state index contributed by atoms with van der Waals surface area (Å²) in [5, 5.41) is 0.165. The van der Waals surface area contributed by atoms with Crippen LogP contribution in [0.25, 0.3) is 10.9 Å². The predicted octanol–water partition coefficient (Wildman–Crippen LogP) is 3.34. The molecule has 0 aliphatic rings. The highest BCUT2D eigenvalue weighted by Gasteiger charge is 2.16. The largest absolute Gasteiger partial charge is 0.462 e. The summed E-state index contributed by atoms with van der Waals surface area (Å²) in [5.41, 5.74) is 0.198. The van der Waals surface area contributed by atoms with E-state index in [4.69, 9.17) is 16.3 Å². The standard InChI is InChI=1S/C12H8ClF2NO2/c1-2-18-12(17)7-5-16-10-4-9(15)8(14)3-6(10)11(7)13/h3-5H,2H2,1H3. The highest BCUT2D eigenvalue weighted by Crippen LogP contribution is 2.27. The van der Waals surface area contributed by atoms with Crippen molar-refractivity contribution in [1.82, 2.24) is 4.98 Å². The second kappa shape index (κ2) is 4.86. The molecule has 0 saturated carbocycles. The third-order valence-electron chi connectivity index (χ3n) is 2.34. The molecule has 0 N–H and O–H groups in total. The molecule has 0 bridgehead atoms. The molecule has 1 aromatic heterocycles. The number of carbonyl (C=O) groups excluding carboxylic acids is 1. The molecule has 2 rings (SSSR count). The van der Waals surface area contributed by atoms with Gasteiger partial charge in [0.15, 0.2) is 11.6 Å². The Kier molecular flexibility index (Phi) is 3.43. The second-order valence-electron chi connectivity index (χ2n) is 3.49. The fourth-order valence-electron chi connectivity index (χ4n) is 1.51. The van der Waals surface area contributed by atoms with E-state index in [1.165, 1.54) is 6.20 Å². The molecule has 0 unspecified atom stereocenters. The molecule has 0 saturated heterocycles. The Bertz CT molecular complexity index is 631. The first kappa shape index (κ1) is 12.7. The Morgan fingerprint density at radius 2 is 2.06 bits per heavy atom. The topological polar surface area (TPSA) is 39.2 Å². The van der Waals surface area contributed by atoms with E-state index >= 15 is 0 Å². The summed E-state index contributed by atoms with van der Waals surface area (Å²) in [6.07, 6.45) is 1.18. The van der Waals surface area contributed by atoms with E-state index in [0.29, 0.717) is 0 Å². The van der Waals surface area contributed by atoms with Gasteiger partial charge in [-0.2, -0.15) is 0 Å².